The smallest absolute Gasteiger partial charge is 0.104 e. The predicted molar refractivity (Wildman–Crippen MR) is 83.2 cm³/mol. The number of hydrogen-bond acceptors (Lipinski definition) is 3. The zero-order valence-corrected chi connectivity index (χ0v) is 13.5. The first kappa shape index (κ1) is 14.5. The molecule has 1 atom stereocenters. The second-order valence-corrected chi connectivity index (χ2v) is 8.28. The summed E-state index contributed by atoms with van der Waals surface area (Å²) >= 11 is 0. The van der Waals surface area contributed by atoms with Crippen molar-refractivity contribution in [2.45, 2.75) is 64.0 Å². The Bertz CT molecular complexity index is 331. The Morgan fingerprint density at radius 2 is 1.71 bits per heavy atom. The molecule has 21 heavy (non-hydrogen) atoms. The molecule has 1 N–H and O–H groups in total. The van der Waals surface area contributed by atoms with Gasteiger partial charge in [0.25, 0.3) is 0 Å². The molecule has 1 unspecified atom stereocenters. The topological polar surface area (TPSA) is 30.5 Å². The van der Waals surface area contributed by atoms with Crippen LogP contribution in [0.15, 0.2) is 0 Å². The fraction of sp³-hybridized carbons (Fsp3) is 1.00. The second-order valence-electron chi connectivity index (χ2n) is 8.28. The van der Waals surface area contributed by atoms with Crippen molar-refractivity contribution in [3.05, 3.63) is 0 Å². The van der Waals surface area contributed by atoms with Crippen LogP contribution >= 0.6 is 0 Å². The molecular weight excluding hydrogens is 262 g/mol. The quantitative estimate of drug-likeness (QED) is 0.783. The van der Waals surface area contributed by atoms with Gasteiger partial charge in [-0.2, -0.15) is 0 Å². The van der Waals surface area contributed by atoms with Gasteiger partial charge in [0.2, 0.25) is 0 Å². The Labute approximate surface area is 129 Å². The van der Waals surface area contributed by atoms with Crippen LogP contribution in [0.1, 0.15) is 51.9 Å². The maximum Gasteiger partial charge on any atom is 0.104 e. The molecule has 3 heteroatoms. The molecule has 0 aromatic rings. The Kier molecular flexibility index (Phi) is 4.01. The Balaban J connectivity index is 1.45. The summed E-state index contributed by atoms with van der Waals surface area (Å²) in [6.45, 7) is 5.92. The van der Waals surface area contributed by atoms with E-state index < -0.39 is 0 Å². The summed E-state index contributed by atoms with van der Waals surface area (Å²) in [7, 11) is 0. The third-order valence-electron chi connectivity index (χ3n) is 6.57. The van der Waals surface area contributed by atoms with Crippen LogP contribution in [-0.4, -0.2) is 38.5 Å². The van der Waals surface area contributed by atoms with E-state index in [-0.39, 0.29) is 0 Å². The lowest BCUT2D eigenvalue weighted by Gasteiger charge is -2.59. The predicted octanol–water partition coefficient (Wildman–Crippen LogP) is 2.99. The van der Waals surface area contributed by atoms with E-state index in [0.717, 1.165) is 44.1 Å². The van der Waals surface area contributed by atoms with E-state index in [1.165, 1.54) is 44.9 Å². The monoisotopic (exact) mass is 293 g/mol. The number of hydrogen-bond donors (Lipinski definition) is 1. The highest BCUT2D eigenvalue weighted by Gasteiger charge is 2.54. The molecule has 5 rings (SSSR count). The molecule has 5 aliphatic rings. The number of nitrogens with one attached hydrogen (secondary N) is 1. The first-order valence-corrected chi connectivity index (χ1v) is 9.20. The second kappa shape index (κ2) is 5.82. The molecule has 4 bridgehead atoms. The van der Waals surface area contributed by atoms with Crippen molar-refractivity contribution in [3.63, 3.8) is 0 Å². The van der Waals surface area contributed by atoms with Crippen LogP contribution in [-0.2, 0) is 9.47 Å². The lowest BCUT2D eigenvalue weighted by atomic mass is 9.47. The first-order chi connectivity index (χ1) is 10.3. The van der Waals surface area contributed by atoms with E-state index in [1.54, 1.807) is 0 Å². The fourth-order valence-electron chi connectivity index (χ4n) is 5.92. The van der Waals surface area contributed by atoms with E-state index >= 15 is 0 Å². The van der Waals surface area contributed by atoms with Gasteiger partial charge in [-0.1, -0.05) is 6.92 Å². The van der Waals surface area contributed by atoms with Gasteiger partial charge in [0, 0.05) is 6.04 Å². The molecule has 0 spiro atoms. The maximum absolute atomic E-state index is 6.14. The van der Waals surface area contributed by atoms with Gasteiger partial charge in [0.05, 0.1) is 19.8 Å². The minimum absolute atomic E-state index is 0.366. The average molecular weight is 293 g/mol. The molecule has 0 amide bonds. The number of rotatable bonds is 7. The molecule has 4 aliphatic carbocycles. The minimum Gasteiger partial charge on any atom is -0.376 e. The molecule has 1 heterocycles. The SMILES string of the molecule is CCCNC(COC1COC1)C12CC3CC(CC(C3)C1)C2. The lowest BCUT2D eigenvalue weighted by Crippen LogP contribution is -2.58. The van der Waals surface area contributed by atoms with Crippen LogP contribution in [0.4, 0.5) is 0 Å². The fourth-order valence-corrected chi connectivity index (χ4v) is 5.92. The summed E-state index contributed by atoms with van der Waals surface area (Å²) in [6, 6.07) is 0.575. The molecule has 3 nitrogen and oxygen atoms in total. The van der Waals surface area contributed by atoms with E-state index in [2.05, 4.69) is 12.2 Å². The summed E-state index contributed by atoms with van der Waals surface area (Å²) in [4.78, 5) is 0. The van der Waals surface area contributed by atoms with Gasteiger partial charge in [0.15, 0.2) is 0 Å². The highest BCUT2D eigenvalue weighted by Crippen LogP contribution is 2.61. The highest BCUT2D eigenvalue weighted by atomic mass is 16.6. The van der Waals surface area contributed by atoms with Gasteiger partial charge in [-0.15, -0.1) is 0 Å². The summed E-state index contributed by atoms with van der Waals surface area (Å²) in [5.74, 6) is 3.07. The average Bonchev–Trinajstić information content (AvgIpc) is 2.38. The van der Waals surface area contributed by atoms with Crippen molar-refractivity contribution in [1.82, 2.24) is 5.32 Å². The van der Waals surface area contributed by atoms with Gasteiger partial charge in [-0.05, 0) is 74.7 Å². The largest absolute Gasteiger partial charge is 0.376 e. The summed E-state index contributed by atoms with van der Waals surface area (Å²) in [5.41, 5.74) is 0.550. The van der Waals surface area contributed by atoms with E-state index in [4.69, 9.17) is 9.47 Å². The molecule has 0 radical (unpaired) electrons. The van der Waals surface area contributed by atoms with Crippen LogP contribution in [0, 0.1) is 23.2 Å². The van der Waals surface area contributed by atoms with Crippen molar-refractivity contribution in [2.75, 3.05) is 26.4 Å². The van der Waals surface area contributed by atoms with Gasteiger partial charge < -0.3 is 14.8 Å². The number of ether oxygens (including phenoxy) is 2. The van der Waals surface area contributed by atoms with Gasteiger partial charge in [-0.25, -0.2) is 0 Å². The van der Waals surface area contributed by atoms with Crippen LogP contribution in [0.5, 0.6) is 0 Å². The van der Waals surface area contributed by atoms with Gasteiger partial charge in [-0.3, -0.25) is 0 Å². The molecule has 1 aliphatic heterocycles. The first-order valence-electron chi connectivity index (χ1n) is 9.20. The lowest BCUT2D eigenvalue weighted by molar-refractivity contribution is -0.151. The molecule has 0 aromatic carbocycles. The third kappa shape index (κ3) is 2.77. The normalized spacial score (nSPS) is 43.0. The van der Waals surface area contributed by atoms with Crippen LogP contribution in [0.25, 0.3) is 0 Å². The molecule has 5 fully saturated rings. The van der Waals surface area contributed by atoms with Crippen molar-refractivity contribution >= 4 is 0 Å². The summed E-state index contributed by atoms with van der Waals surface area (Å²) < 4.78 is 11.4. The van der Waals surface area contributed by atoms with Crippen LogP contribution in [0.3, 0.4) is 0 Å². The van der Waals surface area contributed by atoms with Crippen LogP contribution in [0.2, 0.25) is 0 Å². The third-order valence-corrected chi connectivity index (χ3v) is 6.57. The maximum atomic E-state index is 6.14. The molecule has 4 saturated carbocycles. The summed E-state index contributed by atoms with van der Waals surface area (Å²) in [6.07, 6.45) is 10.5. The molecular formula is C18H31NO2. The molecule has 0 aromatic heterocycles. The van der Waals surface area contributed by atoms with Gasteiger partial charge >= 0.3 is 0 Å². The van der Waals surface area contributed by atoms with Crippen molar-refractivity contribution in [3.8, 4) is 0 Å². The van der Waals surface area contributed by atoms with E-state index in [0.29, 0.717) is 17.6 Å². The molecule has 120 valence electrons. The van der Waals surface area contributed by atoms with Crippen molar-refractivity contribution < 1.29 is 9.47 Å². The standard InChI is InChI=1S/C18H31NO2/c1-2-3-19-17(12-21-16-10-20-11-16)18-7-13-4-14(8-18)6-15(5-13)9-18/h13-17,19H,2-12H2,1H3. The van der Waals surface area contributed by atoms with Crippen LogP contribution < -0.4 is 5.32 Å². The Hall–Kier alpha value is -0.120. The highest BCUT2D eigenvalue weighted by molar-refractivity contribution is 5.06. The zero-order chi connectivity index (χ0) is 14.3. The summed E-state index contributed by atoms with van der Waals surface area (Å²) in [5, 5.41) is 3.86. The zero-order valence-electron chi connectivity index (χ0n) is 13.5. The van der Waals surface area contributed by atoms with Crippen molar-refractivity contribution in [2.24, 2.45) is 23.2 Å². The minimum atomic E-state index is 0.366. The van der Waals surface area contributed by atoms with Crippen molar-refractivity contribution in [1.29, 1.82) is 0 Å². The molecule has 1 saturated heterocycles. The van der Waals surface area contributed by atoms with E-state index in [1.807, 2.05) is 0 Å². The van der Waals surface area contributed by atoms with E-state index in [9.17, 15) is 0 Å². The Morgan fingerprint density at radius 1 is 1.10 bits per heavy atom. The Morgan fingerprint density at radius 3 is 2.19 bits per heavy atom. The van der Waals surface area contributed by atoms with Gasteiger partial charge in [0.1, 0.15) is 6.10 Å².